The van der Waals surface area contributed by atoms with E-state index < -0.39 is 5.60 Å². The molecule has 40 heavy (non-hydrogen) atoms. The molecule has 0 radical (unpaired) electrons. The second-order valence-corrected chi connectivity index (χ2v) is 11.1. The van der Waals surface area contributed by atoms with Crippen molar-refractivity contribution in [3.63, 3.8) is 0 Å². The summed E-state index contributed by atoms with van der Waals surface area (Å²) in [6.45, 7) is 9.73. The number of H-pyrrole nitrogens is 1. The van der Waals surface area contributed by atoms with Crippen LogP contribution in [0.15, 0.2) is 61.1 Å². The predicted octanol–water partition coefficient (Wildman–Crippen LogP) is 6.37. The smallest absolute Gasteiger partial charge is 0.410 e. The Hall–Kier alpha value is -4.61. The quantitative estimate of drug-likeness (QED) is 0.255. The number of carbonyl (C=O) groups is 1. The molecule has 1 aliphatic rings. The molecule has 0 spiro atoms. The lowest BCUT2D eigenvalue weighted by Crippen LogP contribution is -2.60. The molecule has 8 heteroatoms. The molecule has 8 nitrogen and oxygen atoms in total. The van der Waals surface area contributed by atoms with E-state index >= 15 is 0 Å². The zero-order chi connectivity index (χ0) is 28.3. The number of hydrogen-bond acceptors (Lipinski definition) is 6. The van der Waals surface area contributed by atoms with E-state index in [1.54, 1.807) is 17.3 Å². The third-order valence-electron chi connectivity index (χ3n) is 6.92. The van der Waals surface area contributed by atoms with Gasteiger partial charge in [0, 0.05) is 66.4 Å². The van der Waals surface area contributed by atoms with Crippen molar-refractivity contribution in [2.45, 2.75) is 45.9 Å². The van der Waals surface area contributed by atoms with E-state index in [9.17, 15) is 10.1 Å². The number of aryl methyl sites for hydroxylation is 1. The highest BCUT2D eigenvalue weighted by atomic mass is 16.6. The number of nitrogens with zero attached hydrogens (tertiary/aromatic N) is 3. The van der Waals surface area contributed by atoms with Crippen LogP contribution in [0, 0.1) is 18.3 Å². The molecule has 0 saturated carbocycles. The number of amides is 1. The third kappa shape index (κ3) is 6.16. The number of hydrogen-bond donors (Lipinski definition) is 3. The Balaban J connectivity index is 1.21. The summed E-state index contributed by atoms with van der Waals surface area (Å²) in [5, 5.41) is 17.9. The Labute approximate surface area is 234 Å². The van der Waals surface area contributed by atoms with Crippen molar-refractivity contribution < 1.29 is 9.53 Å². The summed E-state index contributed by atoms with van der Waals surface area (Å²) in [5.74, 6) is 0. The van der Waals surface area contributed by atoms with Crippen LogP contribution in [0.4, 0.5) is 16.2 Å². The van der Waals surface area contributed by atoms with Crippen LogP contribution >= 0.6 is 0 Å². The fourth-order valence-electron chi connectivity index (χ4n) is 4.66. The number of carbonyl (C=O) groups excluding carboxylic acids is 1. The van der Waals surface area contributed by atoms with Gasteiger partial charge in [0.2, 0.25) is 0 Å². The van der Waals surface area contributed by atoms with Crippen LogP contribution in [0.1, 0.15) is 48.6 Å². The monoisotopic (exact) mass is 534 g/mol. The number of fused-ring (bicyclic) bond motifs is 1. The first-order chi connectivity index (χ1) is 19.2. The van der Waals surface area contributed by atoms with Gasteiger partial charge >= 0.3 is 6.09 Å². The van der Waals surface area contributed by atoms with Gasteiger partial charge in [0.05, 0.1) is 11.3 Å². The van der Waals surface area contributed by atoms with Crippen LogP contribution in [-0.4, -0.2) is 45.7 Å². The van der Waals surface area contributed by atoms with Crippen LogP contribution in [-0.2, 0) is 11.3 Å². The van der Waals surface area contributed by atoms with Crippen molar-refractivity contribution in [2.24, 2.45) is 0 Å². The van der Waals surface area contributed by atoms with E-state index in [0.29, 0.717) is 18.7 Å². The maximum Gasteiger partial charge on any atom is 0.410 e. The highest BCUT2D eigenvalue weighted by Crippen LogP contribution is 2.31. The minimum absolute atomic E-state index is 0.257. The predicted molar refractivity (Wildman–Crippen MR) is 159 cm³/mol. The SMILES string of the molecule is Cc1c(Nc2c(C#N)cncc2/C=C/c2ccc(CNC3CN(C(=O)OC(C)(C)C)C3)cc2)ccc2[nH]ccc12. The fraction of sp³-hybridized carbons (Fsp3) is 0.281. The average Bonchev–Trinajstić information content (AvgIpc) is 3.38. The van der Waals surface area contributed by atoms with E-state index in [2.05, 4.69) is 63.9 Å². The van der Waals surface area contributed by atoms with Crippen molar-refractivity contribution in [3.8, 4) is 6.07 Å². The first-order valence-corrected chi connectivity index (χ1v) is 13.4. The lowest BCUT2D eigenvalue weighted by atomic mass is 10.1. The van der Waals surface area contributed by atoms with Gasteiger partial charge in [0.1, 0.15) is 11.7 Å². The highest BCUT2D eigenvalue weighted by Gasteiger charge is 2.33. The molecule has 1 saturated heterocycles. The van der Waals surface area contributed by atoms with Crippen LogP contribution in [0.5, 0.6) is 0 Å². The molecule has 3 N–H and O–H groups in total. The summed E-state index contributed by atoms with van der Waals surface area (Å²) in [6.07, 6.45) is 9.02. The van der Waals surface area contributed by atoms with Gasteiger partial charge in [-0.05, 0) is 62.6 Å². The Morgan fingerprint density at radius 2 is 1.93 bits per heavy atom. The molecule has 0 bridgehead atoms. The number of rotatable bonds is 7. The number of benzene rings is 2. The van der Waals surface area contributed by atoms with Gasteiger partial charge in [0.25, 0.3) is 0 Å². The van der Waals surface area contributed by atoms with Gasteiger partial charge in [-0.2, -0.15) is 5.26 Å². The molecule has 204 valence electrons. The summed E-state index contributed by atoms with van der Waals surface area (Å²) in [4.78, 5) is 21.3. The number of nitrogens with one attached hydrogen (secondary N) is 3. The second-order valence-electron chi connectivity index (χ2n) is 11.1. The summed E-state index contributed by atoms with van der Waals surface area (Å²) in [5.41, 5.74) is 6.91. The topological polar surface area (TPSA) is 106 Å². The Morgan fingerprint density at radius 1 is 1.15 bits per heavy atom. The van der Waals surface area contributed by atoms with E-state index in [4.69, 9.17) is 4.74 Å². The summed E-state index contributed by atoms with van der Waals surface area (Å²) >= 11 is 0. The maximum absolute atomic E-state index is 12.1. The molecule has 1 fully saturated rings. The van der Waals surface area contributed by atoms with Gasteiger partial charge < -0.3 is 25.3 Å². The number of anilines is 2. The minimum Gasteiger partial charge on any atom is -0.444 e. The molecule has 1 amide bonds. The van der Waals surface area contributed by atoms with Crippen LogP contribution in [0.3, 0.4) is 0 Å². The molecular weight excluding hydrogens is 500 g/mol. The number of pyridine rings is 1. The molecule has 2 aromatic carbocycles. The standard InChI is InChI=1S/C32H34N6O2/c1-21-27-13-14-35-29(27)12-11-28(21)37-30-24(17-34-18-25(30)15-33)10-9-22-5-7-23(8-6-22)16-36-26-19-38(20-26)31(39)40-32(2,3)4/h5-14,17-18,26,35-36H,16,19-20H2,1-4H3,(H,34,37)/b10-9+. The van der Waals surface area contributed by atoms with Crippen LogP contribution < -0.4 is 10.6 Å². The number of aromatic amines is 1. The van der Waals surface area contributed by atoms with Crippen molar-refractivity contribution in [3.05, 3.63) is 88.9 Å². The van der Waals surface area contributed by atoms with Crippen molar-refractivity contribution >= 4 is 40.5 Å². The molecule has 0 atom stereocenters. The number of likely N-dealkylation sites (tertiary alicyclic amines) is 1. The van der Waals surface area contributed by atoms with Gasteiger partial charge in [-0.25, -0.2) is 4.79 Å². The molecule has 4 aromatic rings. The van der Waals surface area contributed by atoms with Crippen molar-refractivity contribution in [2.75, 3.05) is 18.4 Å². The molecule has 0 aliphatic carbocycles. The molecule has 5 rings (SSSR count). The third-order valence-corrected chi connectivity index (χ3v) is 6.92. The van der Waals surface area contributed by atoms with Gasteiger partial charge in [-0.1, -0.05) is 36.4 Å². The van der Waals surface area contributed by atoms with E-state index in [-0.39, 0.29) is 12.1 Å². The van der Waals surface area contributed by atoms with Crippen molar-refractivity contribution in [1.82, 2.24) is 20.2 Å². The maximum atomic E-state index is 12.1. The van der Waals surface area contributed by atoms with E-state index in [0.717, 1.165) is 45.5 Å². The molecule has 0 unspecified atom stereocenters. The fourth-order valence-corrected chi connectivity index (χ4v) is 4.66. The number of aromatic nitrogens is 2. The van der Waals surface area contributed by atoms with E-state index in [1.807, 2.05) is 51.3 Å². The summed E-state index contributed by atoms with van der Waals surface area (Å²) in [7, 11) is 0. The summed E-state index contributed by atoms with van der Waals surface area (Å²) < 4.78 is 5.42. The lowest BCUT2D eigenvalue weighted by Gasteiger charge is -2.40. The van der Waals surface area contributed by atoms with Gasteiger partial charge in [-0.15, -0.1) is 0 Å². The first kappa shape index (κ1) is 27.0. The Bertz CT molecular complexity index is 1580. The molecule has 3 heterocycles. The van der Waals surface area contributed by atoms with Crippen molar-refractivity contribution in [1.29, 1.82) is 5.26 Å². The first-order valence-electron chi connectivity index (χ1n) is 13.4. The number of ether oxygens (including phenoxy) is 1. The Kier molecular flexibility index (Phi) is 7.58. The van der Waals surface area contributed by atoms with Crippen LogP contribution in [0.25, 0.3) is 23.1 Å². The molecule has 1 aliphatic heterocycles. The minimum atomic E-state index is -0.477. The van der Waals surface area contributed by atoms with Crippen LogP contribution in [0.2, 0.25) is 0 Å². The average molecular weight is 535 g/mol. The zero-order valence-electron chi connectivity index (χ0n) is 23.3. The van der Waals surface area contributed by atoms with Gasteiger partial charge in [-0.3, -0.25) is 4.98 Å². The van der Waals surface area contributed by atoms with E-state index in [1.165, 1.54) is 5.56 Å². The lowest BCUT2D eigenvalue weighted by molar-refractivity contribution is 0.00518. The highest BCUT2D eigenvalue weighted by molar-refractivity contribution is 5.90. The largest absolute Gasteiger partial charge is 0.444 e. The zero-order valence-corrected chi connectivity index (χ0v) is 23.3. The summed E-state index contributed by atoms with van der Waals surface area (Å²) in [6, 6.07) is 17.0. The molecule has 2 aromatic heterocycles. The van der Waals surface area contributed by atoms with Gasteiger partial charge in [0.15, 0.2) is 0 Å². The normalized spacial score (nSPS) is 13.8. The Morgan fingerprint density at radius 3 is 2.65 bits per heavy atom. The second kappa shape index (κ2) is 11.2. The number of nitriles is 1. The molecular formula is C32H34N6O2.